The average molecular weight is 409 g/mol. The van der Waals surface area contributed by atoms with E-state index >= 15 is 0 Å². The first-order valence-electron chi connectivity index (χ1n) is 10.2. The van der Waals surface area contributed by atoms with Gasteiger partial charge in [0.2, 0.25) is 0 Å². The highest BCUT2D eigenvalue weighted by Crippen LogP contribution is 2.48. The molecule has 4 aromatic rings. The van der Waals surface area contributed by atoms with Crippen LogP contribution in [0.3, 0.4) is 0 Å². The van der Waals surface area contributed by atoms with Crippen LogP contribution >= 0.6 is 0 Å². The second-order valence-electron chi connectivity index (χ2n) is 7.15. The summed E-state index contributed by atoms with van der Waals surface area (Å²) in [7, 11) is 0. The van der Waals surface area contributed by atoms with E-state index in [1.807, 2.05) is 67.6 Å². The lowest BCUT2D eigenvalue weighted by molar-refractivity contribution is 0.0690. The molecule has 1 heterocycles. The number of nitrogens with zero attached hydrogens (tertiary/aromatic N) is 1. The molecule has 0 fully saturated rings. The van der Waals surface area contributed by atoms with Crippen molar-refractivity contribution in [1.29, 1.82) is 0 Å². The molecule has 0 saturated carbocycles. The number of hydrogen-bond acceptors (Lipinski definition) is 3. The molecule has 4 heteroatoms. The summed E-state index contributed by atoms with van der Waals surface area (Å²) in [5, 5.41) is 9.36. The number of hydrogen-bond donors (Lipinski definition) is 1. The number of rotatable bonds is 7. The standard InChI is InChI=1S/C27H23NO3/c1-2-31-25-16-10-9-15-23(25)27(20-11-5-3-6-12-20,21-13-7-4-8-14-21)22-17-18-24(26(29)30)28-19-22/h3-19H,2H2,1H3,(H,29,30). The lowest BCUT2D eigenvalue weighted by atomic mass is 9.65. The van der Waals surface area contributed by atoms with Crippen LogP contribution in [0.25, 0.3) is 0 Å². The van der Waals surface area contributed by atoms with Crippen molar-refractivity contribution in [2.24, 2.45) is 0 Å². The molecule has 0 spiro atoms. The second-order valence-corrected chi connectivity index (χ2v) is 7.15. The highest BCUT2D eigenvalue weighted by atomic mass is 16.5. The van der Waals surface area contributed by atoms with E-state index < -0.39 is 11.4 Å². The number of benzene rings is 3. The van der Waals surface area contributed by atoms with Gasteiger partial charge in [-0.1, -0.05) is 84.9 Å². The van der Waals surface area contributed by atoms with E-state index in [1.54, 1.807) is 12.3 Å². The summed E-state index contributed by atoms with van der Waals surface area (Å²) in [5.41, 5.74) is 3.19. The van der Waals surface area contributed by atoms with Gasteiger partial charge in [-0.3, -0.25) is 0 Å². The Morgan fingerprint density at radius 3 is 1.90 bits per heavy atom. The highest BCUT2D eigenvalue weighted by Gasteiger charge is 2.40. The van der Waals surface area contributed by atoms with Crippen LogP contribution in [-0.2, 0) is 5.41 Å². The third kappa shape index (κ3) is 3.68. The van der Waals surface area contributed by atoms with Crippen molar-refractivity contribution >= 4 is 5.97 Å². The largest absolute Gasteiger partial charge is 0.494 e. The van der Waals surface area contributed by atoms with Gasteiger partial charge in [0.05, 0.1) is 12.0 Å². The molecule has 3 aromatic carbocycles. The molecule has 4 rings (SSSR count). The number of carbonyl (C=O) groups is 1. The van der Waals surface area contributed by atoms with Crippen molar-refractivity contribution in [3.63, 3.8) is 0 Å². The lowest BCUT2D eigenvalue weighted by Gasteiger charge is -2.37. The maximum atomic E-state index is 11.4. The first-order chi connectivity index (χ1) is 15.2. The molecule has 0 amide bonds. The minimum absolute atomic E-state index is 0.0110. The normalized spacial score (nSPS) is 11.1. The fourth-order valence-electron chi connectivity index (χ4n) is 4.14. The molecule has 0 aliphatic heterocycles. The Bertz CT molecular complexity index is 1120. The Balaban J connectivity index is 2.12. The number of carboxylic acid groups (broad SMARTS) is 1. The molecule has 1 aromatic heterocycles. The molecule has 4 nitrogen and oxygen atoms in total. The van der Waals surface area contributed by atoms with Crippen LogP contribution in [0.2, 0.25) is 0 Å². The lowest BCUT2D eigenvalue weighted by Crippen LogP contribution is -2.32. The molecule has 31 heavy (non-hydrogen) atoms. The van der Waals surface area contributed by atoms with Gasteiger partial charge in [0.25, 0.3) is 0 Å². The van der Waals surface area contributed by atoms with E-state index in [9.17, 15) is 9.90 Å². The predicted molar refractivity (Wildman–Crippen MR) is 121 cm³/mol. The van der Waals surface area contributed by atoms with Gasteiger partial charge in [0.1, 0.15) is 11.4 Å². The van der Waals surface area contributed by atoms with E-state index in [0.717, 1.165) is 28.0 Å². The Morgan fingerprint density at radius 2 is 1.39 bits per heavy atom. The second kappa shape index (κ2) is 8.84. The van der Waals surface area contributed by atoms with E-state index in [4.69, 9.17) is 4.74 Å². The molecule has 0 saturated heterocycles. The number of carboxylic acids is 1. The number of para-hydroxylation sites is 1. The van der Waals surface area contributed by atoms with Crippen LogP contribution < -0.4 is 4.74 Å². The van der Waals surface area contributed by atoms with E-state index in [-0.39, 0.29) is 5.69 Å². The Morgan fingerprint density at radius 1 is 0.806 bits per heavy atom. The molecule has 0 aliphatic rings. The summed E-state index contributed by atoms with van der Waals surface area (Å²) in [6.45, 7) is 2.50. The molecule has 1 N–H and O–H groups in total. The zero-order valence-electron chi connectivity index (χ0n) is 17.2. The van der Waals surface area contributed by atoms with E-state index in [2.05, 4.69) is 35.3 Å². The third-order valence-corrected chi connectivity index (χ3v) is 5.42. The van der Waals surface area contributed by atoms with Gasteiger partial charge in [-0.2, -0.15) is 0 Å². The van der Waals surface area contributed by atoms with Gasteiger partial charge in [-0.05, 0) is 35.7 Å². The summed E-state index contributed by atoms with van der Waals surface area (Å²) in [6, 6.07) is 31.7. The molecule has 0 bridgehead atoms. The van der Waals surface area contributed by atoms with Gasteiger partial charge in [0, 0.05) is 11.8 Å². The van der Waals surface area contributed by atoms with Crippen molar-refractivity contribution in [3.8, 4) is 5.75 Å². The minimum atomic E-state index is -1.05. The fraction of sp³-hybridized carbons (Fsp3) is 0.111. The predicted octanol–water partition coefficient (Wildman–Crippen LogP) is 5.56. The van der Waals surface area contributed by atoms with Crippen molar-refractivity contribution < 1.29 is 14.6 Å². The molecular weight excluding hydrogens is 386 g/mol. The Kier molecular flexibility index (Phi) is 5.80. The van der Waals surface area contributed by atoms with Crippen LogP contribution in [0, 0.1) is 0 Å². The Hall–Kier alpha value is -3.92. The summed E-state index contributed by atoms with van der Waals surface area (Å²) >= 11 is 0. The molecule has 0 aliphatic carbocycles. The maximum Gasteiger partial charge on any atom is 0.354 e. The highest BCUT2D eigenvalue weighted by molar-refractivity contribution is 5.85. The van der Waals surface area contributed by atoms with Crippen molar-refractivity contribution in [2.45, 2.75) is 12.3 Å². The summed E-state index contributed by atoms with van der Waals surface area (Å²) in [6.07, 6.45) is 1.66. The first-order valence-corrected chi connectivity index (χ1v) is 10.2. The molecule has 0 atom stereocenters. The van der Waals surface area contributed by atoms with Gasteiger partial charge in [0.15, 0.2) is 0 Å². The summed E-state index contributed by atoms with van der Waals surface area (Å²) in [5.74, 6) is -0.272. The van der Waals surface area contributed by atoms with Crippen LogP contribution in [0.5, 0.6) is 5.75 Å². The minimum Gasteiger partial charge on any atom is -0.494 e. The van der Waals surface area contributed by atoms with E-state index in [0.29, 0.717) is 6.61 Å². The van der Waals surface area contributed by atoms with E-state index in [1.165, 1.54) is 0 Å². The molecule has 0 unspecified atom stereocenters. The topological polar surface area (TPSA) is 59.4 Å². The van der Waals surface area contributed by atoms with Crippen molar-refractivity contribution in [1.82, 2.24) is 4.98 Å². The fourth-order valence-corrected chi connectivity index (χ4v) is 4.14. The summed E-state index contributed by atoms with van der Waals surface area (Å²) in [4.78, 5) is 15.7. The van der Waals surface area contributed by atoms with Gasteiger partial charge < -0.3 is 9.84 Å². The van der Waals surface area contributed by atoms with Crippen LogP contribution in [-0.4, -0.2) is 22.7 Å². The van der Waals surface area contributed by atoms with Crippen LogP contribution in [0.4, 0.5) is 0 Å². The number of ether oxygens (including phenoxy) is 1. The molecule has 154 valence electrons. The van der Waals surface area contributed by atoms with Gasteiger partial charge in [-0.15, -0.1) is 0 Å². The zero-order chi connectivity index (χ0) is 21.7. The maximum absolute atomic E-state index is 11.4. The van der Waals surface area contributed by atoms with Crippen molar-refractivity contribution in [2.75, 3.05) is 6.61 Å². The van der Waals surface area contributed by atoms with Crippen molar-refractivity contribution in [3.05, 3.63) is 131 Å². The zero-order valence-corrected chi connectivity index (χ0v) is 17.2. The van der Waals surface area contributed by atoms with Gasteiger partial charge >= 0.3 is 5.97 Å². The molecule has 0 radical (unpaired) electrons. The first kappa shape index (κ1) is 20.4. The third-order valence-electron chi connectivity index (χ3n) is 5.42. The van der Waals surface area contributed by atoms with Gasteiger partial charge in [-0.25, -0.2) is 9.78 Å². The van der Waals surface area contributed by atoms with Crippen LogP contribution in [0.15, 0.2) is 103 Å². The number of aromatic nitrogens is 1. The molecular formula is C27H23NO3. The number of pyridine rings is 1. The average Bonchev–Trinajstić information content (AvgIpc) is 2.82. The van der Waals surface area contributed by atoms with Crippen LogP contribution in [0.1, 0.15) is 39.7 Å². The number of aromatic carboxylic acids is 1. The summed E-state index contributed by atoms with van der Waals surface area (Å²) < 4.78 is 6.05. The smallest absolute Gasteiger partial charge is 0.354 e. The monoisotopic (exact) mass is 409 g/mol. The Labute approximate surface area is 181 Å². The quantitative estimate of drug-likeness (QED) is 0.406. The SMILES string of the molecule is CCOc1ccccc1C(c1ccccc1)(c1ccccc1)c1ccc(C(=O)O)nc1.